The molecule has 0 spiro atoms. The Morgan fingerprint density at radius 2 is 2.29 bits per heavy atom. The number of rotatable bonds is 5. The third-order valence-electron chi connectivity index (χ3n) is 1.97. The molecule has 0 fully saturated rings. The molecule has 0 radical (unpaired) electrons. The van der Waals surface area contributed by atoms with E-state index in [-0.39, 0.29) is 0 Å². The molecule has 0 saturated heterocycles. The van der Waals surface area contributed by atoms with Crippen LogP contribution in [0.5, 0.6) is 5.88 Å². The first-order valence-corrected chi connectivity index (χ1v) is 4.88. The summed E-state index contributed by atoms with van der Waals surface area (Å²) in [6.07, 6.45) is 3.79. The van der Waals surface area contributed by atoms with Gasteiger partial charge in [-0.05, 0) is 13.3 Å². The highest BCUT2D eigenvalue weighted by Crippen LogP contribution is 2.12. The van der Waals surface area contributed by atoms with Crippen LogP contribution in [0.15, 0.2) is 12.4 Å². The molecule has 0 aliphatic rings. The van der Waals surface area contributed by atoms with E-state index < -0.39 is 0 Å². The van der Waals surface area contributed by atoms with Crippen LogP contribution in [-0.4, -0.2) is 23.1 Å². The Labute approximate surface area is 84.7 Å². The molecule has 1 atom stereocenters. The van der Waals surface area contributed by atoms with Crippen LogP contribution in [-0.2, 0) is 0 Å². The van der Waals surface area contributed by atoms with Crippen LogP contribution in [0.1, 0.15) is 26.7 Å². The molecule has 1 unspecified atom stereocenters. The van der Waals surface area contributed by atoms with Gasteiger partial charge in [0.1, 0.15) is 12.1 Å². The lowest BCUT2D eigenvalue weighted by Crippen LogP contribution is -2.15. The van der Waals surface area contributed by atoms with Gasteiger partial charge in [0, 0.05) is 12.1 Å². The van der Waals surface area contributed by atoms with E-state index >= 15 is 0 Å². The van der Waals surface area contributed by atoms with Crippen molar-refractivity contribution in [3.05, 3.63) is 12.4 Å². The molecule has 14 heavy (non-hydrogen) atoms. The minimum atomic E-state index is 0.430. The summed E-state index contributed by atoms with van der Waals surface area (Å²) in [5, 5.41) is 3.29. The number of aromatic nitrogens is 2. The minimum absolute atomic E-state index is 0.430. The lowest BCUT2D eigenvalue weighted by atomic mass is 10.2. The van der Waals surface area contributed by atoms with Gasteiger partial charge < -0.3 is 10.1 Å². The van der Waals surface area contributed by atoms with Crippen molar-refractivity contribution in [2.45, 2.75) is 32.7 Å². The minimum Gasteiger partial charge on any atom is -0.481 e. The monoisotopic (exact) mass is 195 g/mol. The number of nitrogens with one attached hydrogen (secondary N) is 1. The van der Waals surface area contributed by atoms with Gasteiger partial charge in [0.25, 0.3) is 0 Å². The molecule has 1 aromatic heterocycles. The van der Waals surface area contributed by atoms with Crippen molar-refractivity contribution >= 4 is 5.82 Å². The second-order valence-electron chi connectivity index (χ2n) is 3.28. The summed E-state index contributed by atoms with van der Waals surface area (Å²) in [7, 11) is 1.60. The molecule has 1 heterocycles. The summed E-state index contributed by atoms with van der Waals surface area (Å²) in [6, 6.07) is 2.23. The first kappa shape index (κ1) is 10.8. The van der Waals surface area contributed by atoms with Gasteiger partial charge in [-0.15, -0.1) is 0 Å². The average molecular weight is 195 g/mol. The summed E-state index contributed by atoms with van der Waals surface area (Å²) in [5.74, 6) is 1.41. The number of hydrogen-bond donors (Lipinski definition) is 1. The zero-order chi connectivity index (χ0) is 10.4. The Morgan fingerprint density at radius 3 is 2.93 bits per heavy atom. The first-order valence-electron chi connectivity index (χ1n) is 4.88. The maximum atomic E-state index is 5.01. The van der Waals surface area contributed by atoms with Gasteiger partial charge in [0.15, 0.2) is 0 Å². The van der Waals surface area contributed by atoms with Crippen LogP contribution in [0.3, 0.4) is 0 Å². The second kappa shape index (κ2) is 5.42. The summed E-state index contributed by atoms with van der Waals surface area (Å²) in [5.41, 5.74) is 0. The van der Waals surface area contributed by atoms with Gasteiger partial charge in [-0.25, -0.2) is 9.97 Å². The van der Waals surface area contributed by atoms with Crippen LogP contribution < -0.4 is 10.1 Å². The van der Waals surface area contributed by atoms with Crippen molar-refractivity contribution in [3.8, 4) is 5.88 Å². The Kier molecular flexibility index (Phi) is 4.16. The van der Waals surface area contributed by atoms with Crippen molar-refractivity contribution in [2.24, 2.45) is 0 Å². The van der Waals surface area contributed by atoms with E-state index in [1.807, 2.05) is 0 Å². The Morgan fingerprint density at radius 1 is 1.50 bits per heavy atom. The van der Waals surface area contributed by atoms with Crippen LogP contribution in [0, 0.1) is 0 Å². The van der Waals surface area contributed by atoms with E-state index in [2.05, 4.69) is 29.1 Å². The molecule has 0 aliphatic heterocycles. The van der Waals surface area contributed by atoms with Gasteiger partial charge >= 0.3 is 0 Å². The summed E-state index contributed by atoms with van der Waals surface area (Å²) >= 11 is 0. The van der Waals surface area contributed by atoms with E-state index in [4.69, 9.17) is 4.74 Å². The maximum absolute atomic E-state index is 5.01. The average Bonchev–Trinajstić information content (AvgIpc) is 2.18. The van der Waals surface area contributed by atoms with Crippen LogP contribution in [0.4, 0.5) is 5.82 Å². The van der Waals surface area contributed by atoms with Gasteiger partial charge in [-0.1, -0.05) is 13.3 Å². The normalized spacial score (nSPS) is 12.2. The van der Waals surface area contributed by atoms with Crippen molar-refractivity contribution in [2.75, 3.05) is 12.4 Å². The molecule has 4 nitrogen and oxygen atoms in total. The predicted octanol–water partition coefficient (Wildman–Crippen LogP) is 2.09. The van der Waals surface area contributed by atoms with Crippen LogP contribution in [0.25, 0.3) is 0 Å². The molecule has 0 aromatic carbocycles. The molecule has 78 valence electrons. The molecule has 1 N–H and O–H groups in total. The predicted molar refractivity (Wildman–Crippen MR) is 56.6 cm³/mol. The van der Waals surface area contributed by atoms with Crippen LogP contribution in [0.2, 0.25) is 0 Å². The Bertz CT molecular complexity index is 278. The maximum Gasteiger partial charge on any atom is 0.218 e. The quantitative estimate of drug-likeness (QED) is 0.781. The van der Waals surface area contributed by atoms with E-state index in [0.29, 0.717) is 11.9 Å². The smallest absolute Gasteiger partial charge is 0.218 e. The first-order chi connectivity index (χ1) is 6.76. The van der Waals surface area contributed by atoms with Gasteiger partial charge in [0.2, 0.25) is 5.88 Å². The zero-order valence-corrected chi connectivity index (χ0v) is 8.95. The molecule has 1 rings (SSSR count). The summed E-state index contributed by atoms with van der Waals surface area (Å²) in [6.45, 7) is 4.30. The fourth-order valence-electron chi connectivity index (χ4n) is 1.29. The summed E-state index contributed by atoms with van der Waals surface area (Å²) in [4.78, 5) is 8.05. The lowest BCUT2D eigenvalue weighted by molar-refractivity contribution is 0.397. The number of nitrogens with zero attached hydrogens (tertiary/aromatic N) is 2. The third-order valence-corrected chi connectivity index (χ3v) is 1.97. The van der Waals surface area contributed by atoms with E-state index in [1.54, 1.807) is 13.2 Å². The van der Waals surface area contributed by atoms with Crippen molar-refractivity contribution in [1.29, 1.82) is 0 Å². The lowest BCUT2D eigenvalue weighted by Gasteiger charge is -2.13. The largest absolute Gasteiger partial charge is 0.481 e. The molecule has 0 bridgehead atoms. The standard InChI is InChI=1S/C10H17N3O/c1-4-5-8(2)13-9-6-10(14-3)12-7-11-9/h6-8H,4-5H2,1-3H3,(H,11,12,13). The molecule has 0 saturated carbocycles. The zero-order valence-electron chi connectivity index (χ0n) is 8.95. The highest BCUT2D eigenvalue weighted by Gasteiger charge is 2.02. The van der Waals surface area contributed by atoms with Gasteiger partial charge in [-0.2, -0.15) is 0 Å². The third kappa shape index (κ3) is 3.20. The molecule has 0 aliphatic carbocycles. The van der Waals surface area contributed by atoms with E-state index in [0.717, 1.165) is 18.7 Å². The molecular weight excluding hydrogens is 178 g/mol. The fraction of sp³-hybridized carbons (Fsp3) is 0.600. The highest BCUT2D eigenvalue weighted by atomic mass is 16.5. The number of methoxy groups -OCH3 is 1. The topological polar surface area (TPSA) is 47.0 Å². The number of anilines is 1. The van der Waals surface area contributed by atoms with Gasteiger partial charge in [0.05, 0.1) is 7.11 Å². The Hall–Kier alpha value is -1.32. The van der Waals surface area contributed by atoms with E-state index in [9.17, 15) is 0 Å². The number of hydrogen-bond acceptors (Lipinski definition) is 4. The van der Waals surface area contributed by atoms with Gasteiger partial charge in [-0.3, -0.25) is 0 Å². The Balaban J connectivity index is 2.57. The molecular formula is C10H17N3O. The van der Waals surface area contributed by atoms with E-state index in [1.165, 1.54) is 6.33 Å². The second-order valence-corrected chi connectivity index (χ2v) is 3.28. The van der Waals surface area contributed by atoms with Crippen LogP contribution >= 0.6 is 0 Å². The summed E-state index contributed by atoms with van der Waals surface area (Å²) < 4.78 is 5.01. The number of ether oxygens (including phenoxy) is 1. The van der Waals surface area contributed by atoms with Crippen molar-refractivity contribution in [3.63, 3.8) is 0 Å². The van der Waals surface area contributed by atoms with Crippen molar-refractivity contribution < 1.29 is 4.74 Å². The molecule has 0 amide bonds. The molecule has 1 aromatic rings. The molecule has 4 heteroatoms. The van der Waals surface area contributed by atoms with Crippen molar-refractivity contribution in [1.82, 2.24) is 9.97 Å². The SMILES string of the molecule is CCCC(C)Nc1cc(OC)ncn1. The highest BCUT2D eigenvalue weighted by molar-refractivity contribution is 5.37. The fourth-order valence-corrected chi connectivity index (χ4v) is 1.29.